The van der Waals surface area contributed by atoms with Gasteiger partial charge < -0.3 is 0 Å². The minimum atomic E-state index is -3.13. The number of nitrogens with zero attached hydrogens (tertiary/aromatic N) is 2. The number of hydrogen-bond acceptors (Lipinski definition) is 4. The highest BCUT2D eigenvalue weighted by Gasteiger charge is 2.15. The molecule has 1 aromatic carbocycles. The lowest BCUT2D eigenvalue weighted by Gasteiger charge is -2.27. The zero-order chi connectivity index (χ0) is 16.2. The maximum Gasteiger partial charge on any atom is 0.175 e. The van der Waals surface area contributed by atoms with E-state index >= 15 is 0 Å². The molecule has 0 aliphatic heterocycles. The topological polar surface area (TPSA) is 50.3 Å². The first-order valence-electron chi connectivity index (χ1n) is 7.31. The van der Waals surface area contributed by atoms with E-state index in [4.69, 9.17) is 0 Å². The van der Waals surface area contributed by atoms with Crippen LogP contribution in [0.2, 0.25) is 0 Å². The molecule has 2 aromatic rings. The molecule has 0 radical (unpaired) electrons. The first-order valence-corrected chi connectivity index (χ1v) is 9.20. The fraction of sp³-hybridized carbons (Fsp3) is 0.353. The smallest absolute Gasteiger partial charge is 0.175 e. The molecule has 0 saturated heterocycles. The van der Waals surface area contributed by atoms with Gasteiger partial charge in [0.2, 0.25) is 0 Å². The number of rotatable bonds is 6. The maximum atomic E-state index is 11.5. The van der Waals surface area contributed by atoms with Gasteiger partial charge in [0.1, 0.15) is 0 Å². The molecule has 0 bridgehead atoms. The molecular formula is C17H22N2O2S. The standard InChI is InChI=1S/C17H22N2O2S/c1-4-17(15-6-5-11-18-12-15)19(2)13-14-7-9-16(10-8-14)22(3,20)21/h5-12,17H,4,13H2,1-3H3. The Labute approximate surface area is 132 Å². The zero-order valence-electron chi connectivity index (χ0n) is 13.2. The van der Waals surface area contributed by atoms with Crippen LogP contribution in [-0.2, 0) is 16.4 Å². The second kappa shape index (κ2) is 7.03. The minimum Gasteiger partial charge on any atom is -0.295 e. The van der Waals surface area contributed by atoms with E-state index in [1.165, 1.54) is 11.8 Å². The van der Waals surface area contributed by atoms with Crippen molar-refractivity contribution < 1.29 is 8.42 Å². The van der Waals surface area contributed by atoms with Crippen LogP contribution in [0.4, 0.5) is 0 Å². The molecule has 1 heterocycles. The van der Waals surface area contributed by atoms with Crippen LogP contribution in [0.15, 0.2) is 53.7 Å². The molecule has 118 valence electrons. The number of hydrogen-bond donors (Lipinski definition) is 0. The Morgan fingerprint density at radius 3 is 2.36 bits per heavy atom. The molecule has 1 atom stereocenters. The highest BCUT2D eigenvalue weighted by Crippen LogP contribution is 2.24. The van der Waals surface area contributed by atoms with E-state index in [-0.39, 0.29) is 0 Å². The van der Waals surface area contributed by atoms with E-state index in [2.05, 4.69) is 29.9 Å². The van der Waals surface area contributed by atoms with Gasteiger partial charge in [-0.3, -0.25) is 9.88 Å². The molecule has 2 rings (SSSR count). The van der Waals surface area contributed by atoms with Crippen molar-refractivity contribution in [2.24, 2.45) is 0 Å². The lowest BCUT2D eigenvalue weighted by molar-refractivity contribution is 0.230. The van der Waals surface area contributed by atoms with Crippen LogP contribution < -0.4 is 0 Å². The van der Waals surface area contributed by atoms with Gasteiger partial charge >= 0.3 is 0 Å². The van der Waals surface area contributed by atoms with E-state index in [1.807, 2.05) is 24.4 Å². The first-order chi connectivity index (χ1) is 10.4. The van der Waals surface area contributed by atoms with Gasteiger partial charge in [-0.25, -0.2) is 8.42 Å². The summed E-state index contributed by atoms with van der Waals surface area (Å²) in [6.07, 6.45) is 5.89. The summed E-state index contributed by atoms with van der Waals surface area (Å²) in [7, 11) is -1.06. The minimum absolute atomic E-state index is 0.295. The lowest BCUT2D eigenvalue weighted by atomic mass is 10.0. The van der Waals surface area contributed by atoms with Gasteiger partial charge in [0.25, 0.3) is 0 Å². The summed E-state index contributed by atoms with van der Waals surface area (Å²) in [5, 5.41) is 0. The average Bonchev–Trinajstić information content (AvgIpc) is 2.48. The van der Waals surface area contributed by atoms with Gasteiger partial charge in [-0.05, 0) is 42.8 Å². The first kappa shape index (κ1) is 16.6. The van der Waals surface area contributed by atoms with Crippen molar-refractivity contribution in [3.63, 3.8) is 0 Å². The van der Waals surface area contributed by atoms with E-state index in [1.54, 1.807) is 18.3 Å². The molecule has 0 amide bonds. The number of aromatic nitrogens is 1. The van der Waals surface area contributed by atoms with Crippen molar-refractivity contribution >= 4 is 9.84 Å². The van der Waals surface area contributed by atoms with Crippen LogP contribution in [0.25, 0.3) is 0 Å². The Morgan fingerprint density at radius 2 is 1.86 bits per heavy atom. The SMILES string of the molecule is CCC(c1cccnc1)N(C)Cc1ccc(S(C)(=O)=O)cc1. The second-order valence-corrected chi connectivity index (χ2v) is 7.56. The van der Waals surface area contributed by atoms with Crippen LogP contribution in [0, 0.1) is 0 Å². The summed E-state index contributed by atoms with van der Waals surface area (Å²) >= 11 is 0. The predicted molar refractivity (Wildman–Crippen MR) is 88.3 cm³/mol. The molecule has 0 aliphatic rings. The number of benzene rings is 1. The Balaban J connectivity index is 2.12. The van der Waals surface area contributed by atoms with Gasteiger partial charge in [-0.1, -0.05) is 25.1 Å². The molecule has 22 heavy (non-hydrogen) atoms. The highest BCUT2D eigenvalue weighted by molar-refractivity contribution is 7.90. The van der Waals surface area contributed by atoms with Gasteiger partial charge in [0.05, 0.1) is 4.90 Å². The predicted octanol–water partition coefficient (Wildman–Crippen LogP) is 3.07. The monoisotopic (exact) mass is 318 g/mol. The normalized spacial score (nSPS) is 13.3. The average molecular weight is 318 g/mol. The number of sulfone groups is 1. The largest absolute Gasteiger partial charge is 0.295 e. The van der Waals surface area contributed by atoms with E-state index in [9.17, 15) is 8.42 Å². The molecule has 4 nitrogen and oxygen atoms in total. The Bertz CT molecular complexity index is 697. The number of pyridine rings is 1. The zero-order valence-corrected chi connectivity index (χ0v) is 14.0. The maximum absolute atomic E-state index is 11.5. The fourth-order valence-electron chi connectivity index (χ4n) is 2.62. The van der Waals surface area contributed by atoms with Crippen molar-refractivity contribution in [1.82, 2.24) is 9.88 Å². The van der Waals surface area contributed by atoms with Crippen molar-refractivity contribution in [3.8, 4) is 0 Å². The lowest BCUT2D eigenvalue weighted by Crippen LogP contribution is -2.23. The fourth-order valence-corrected chi connectivity index (χ4v) is 3.25. The van der Waals surface area contributed by atoms with Crippen molar-refractivity contribution in [2.75, 3.05) is 13.3 Å². The van der Waals surface area contributed by atoms with Gasteiger partial charge in [-0.2, -0.15) is 0 Å². The molecule has 1 unspecified atom stereocenters. The van der Waals surface area contributed by atoms with E-state index < -0.39 is 9.84 Å². The summed E-state index contributed by atoms with van der Waals surface area (Å²) in [4.78, 5) is 6.80. The van der Waals surface area contributed by atoms with Crippen molar-refractivity contribution in [1.29, 1.82) is 0 Å². The highest BCUT2D eigenvalue weighted by atomic mass is 32.2. The van der Waals surface area contributed by atoms with Crippen molar-refractivity contribution in [2.45, 2.75) is 30.8 Å². The molecule has 0 saturated carbocycles. The summed E-state index contributed by atoms with van der Waals surface area (Å²) in [5.74, 6) is 0. The Morgan fingerprint density at radius 1 is 1.18 bits per heavy atom. The van der Waals surface area contributed by atoms with Gasteiger partial charge in [0.15, 0.2) is 9.84 Å². The third-order valence-corrected chi connectivity index (χ3v) is 4.90. The Hall–Kier alpha value is -1.72. The van der Waals surface area contributed by atoms with E-state index in [0.29, 0.717) is 10.9 Å². The summed E-state index contributed by atoms with van der Waals surface area (Å²) in [6, 6.07) is 11.4. The third kappa shape index (κ3) is 4.15. The molecule has 0 fully saturated rings. The van der Waals surface area contributed by atoms with Gasteiger partial charge in [-0.15, -0.1) is 0 Å². The second-order valence-electron chi connectivity index (χ2n) is 5.54. The van der Waals surface area contributed by atoms with Gasteiger partial charge in [0, 0.05) is 31.2 Å². The molecule has 0 aliphatic carbocycles. The molecule has 1 aromatic heterocycles. The summed E-state index contributed by atoms with van der Waals surface area (Å²) in [6.45, 7) is 2.92. The molecule has 0 spiro atoms. The molecular weight excluding hydrogens is 296 g/mol. The third-order valence-electron chi connectivity index (χ3n) is 3.77. The quantitative estimate of drug-likeness (QED) is 0.821. The van der Waals surface area contributed by atoms with E-state index in [0.717, 1.165) is 18.5 Å². The molecule has 5 heteroatoms. The van der Waals surface area contributed by atoms with Crippen LogP contribution in [0.1, 0.15) is 30.5 Å². The van der Waals surface area contributed by atoms with Crippen LogP contribution in [0.5, 0.6) is 0 Å². The summed E-state index contributed by atoms with van der Waals surface area (Å²) < 4.78 is 23.0. The van der Waals surface area contributed by atoms with Crippen LogP contribution >= 0.6 is 0 Å². The Kier molecular flexibility index (Phi) is 5.32. The van der Waals surface area contributed by atoms with Crippen LogP contribution in [-0.4, -0.2) is 31.6 Å². The van der Waals surface area contributed by atoms with Crippen molar-refractivity contribution in [3.05, 3.63) is 59.9 Å². The molecule has 0 N–H and O–H groups in total. The van der Waals surface area contributed by atoms with Crippen LogP contribution in [0.3, 0.4) is 0 Å². The summed E-state index contributed by atoms with van der Waals surface area (Å²) in [5.41, 5.74) is 2.29.